The predicted octanol–water partition coefficient (Wildman–Crippen LogP) is 10.4. The van der Waals surface area contributed by atoms with Crippen molar-refractivity contribution in [2.24, 2.45) is 17.6 Å². The first kappa shape index (κ1) is 60.0. The molecule has 4 heterocycles. The van der Waals surface area contributed by atoms with Gasteiger partial charge in [-0.25, -0.2) is 4.79 Å². The minimum Gasteiger partial charge on any atom is -0.480 e. The Morgan fingerprint density at radius 3 is 1.44 bits per heavy atom. The number of benzene rings is 2. The van der Waals surface area contributed by atoms with Gasteiger partial charge in [0.05, 0.1) is 43.5 Å². The fraction of sp³-hybridized carbons (Fsp3) is 0.400. The standard InChI is InChI=1S/C30H37N3O4.C18H22N2O2.C12H17NO3/c1-7-37-28(35)18-24(23-11-13-31-25(17-23)29-21(5)9-8-10-22(29)6)32-30(36)26(15-19(2)3)33-14-12-20(4)16-27(33)34;1-4-22-17(21)11-15(19)14-8-9-20-16(10-14)18-12(2)6-5-7-13(18)3;1-8(2)6-10(12(15)16)13-5-4-9(3)7-11(13)14/h8-14,16-17,19,24,26H,7,15,18H2,1-6H3,(H,32,36);5-10,15H,4,11,19H2,1-3H3;4-5,7-8,10H,6H2,1-3H3,(H,15,16)/t24-,26?;15-;10-/m000/s1. The van der Waals surface area contributed by atoms with Crippen LogP contribution in [0.2, 0.25) is 0 Å². The van der Waals surface area contributed by atoms with Gasteiger partial charge in [0.2, 0.25) is 5.91 Å². The SMILES string of the molecule is CCOC(=O)C[C@H](N)c1ccnc(-c2c(C)cccc2C)c1.CCOC(=O)C[C@H](NC(=O)C(CC(C)C)n1ccc(C)cc1=O)c1ccnc(-c2c(C)cccc2C)c1.Cc1ccn([C@@H](CC(C)C)C(=O)O)c(=O)c1. The molecule has 4 aromatic heterocycles. The van der Waals surface area contributed by atoms with E-state index in [2.05, 4.69) is 41.3 Å². The Hall–Kier alpha value is -7.52. The van der Waals surface area contributed by atoms with Crippen molar-refractivity contribution in [2.45, 2.75) is 133 Å². The van der Waals surface area contributed by atoms with Gasteiger partial charge in [-0.3, -0.25) is 33.9 Å². The Kier molecular flexibility index (Phi) is 23.1. The van der Waals surface area contributed by atoms with E-state index in [1.165, 1.54) is 32.4 Å². The number of nitrogens with zero attached hydrogens (tertiary/aromatic N) is 4. The van der Waals surface area contributed by atoms with Gasteiger partial charge in [-0.1, -0.05) is 64.1 Å². The smallest absolute Gasteiger partial charge is 0.326 e. The summed E-state index contributed by atoms with van der Waals surface area (Å²) in [6, 6.07) is 23.8. The van der Waals surface area contributed by atoms with Gasteiger partial charge in [-0.15, -0.1) is 0 Å². The van der Waals surface area contributed by atoms with E-state index >= 15 is 0 Å². The van der Waals surface area contributed by atoms with Crippen molar-refractivity contribution in [3.63, 3.8) is 0 Å². The van der Waals surface area contributed by atoms with E-state index in [4.69, 9.17) is 20.3 Å². The summed E-state index contributed by atoms with van der Waals surface area (Å²) >= 11 is 0. The molecular formula is C60H76N6O9. The lowest BCUT2D eigenvalue weighted by molar-refractivity contribution is -0.144. The van der Waals surface area contributed by atoms with Crippen molar-refractivity contribution in [2.75, 3.05) is 13.2 Å². The lowest BCUT2D eigenvalue weighted by atomic mass is 9.96. The molecule has 0 fully saturated rings. The van der Waals surface area contributed by atoms with E-state index < -0.39 is 30.1 Å². The maximum atomic E-state index is 13.7. The summed E-state index contributed by atoms with van der Waals surface area (Å²) < 4.78 is 12.9. The lowest BCUT2D eigenvalue weighted by Crippen LogP contribution is -2.40. The van der Waals surface area contributed by atoms with Crippen molar-refractivity contribution >= 4 is 23.8 Å². The van der Waals surface area contributed by atoms with Crippen LogP contribution >= 0.6 is 0 Å². The summed E-state index contributed by atoms with van der Waals surface area (Å²) in [5.74, 6) is -1.57. The van der Waals surface area contributed by atoms with Crippen molar-refractivity contribution in [3.05, 3.63) is 175 Å². The van der Waals surface area contributed by atoms with E-state index in [-0.39, 0.29) is 60.3 Å². The molecule has 0 aliphatic rings. The molecule has 4 N–H and O–H groups in total. The minimum atomic E-state index is -0.959. The van der Waals surface area contributed by atoms with Crippen molar-refractivity contribution < 1.29 is 33.8 Å². The molecule has 0 aliphatic carbocycles. The number of carbonyl (C=O) groups is 4. The summed E-state index contributed by atoms with van der Waals surface area (Å²) in [5, 5.41) is 12.2. The van der Waals surface area contributed by atoms with Crippen LogP contribution in [0.4, 0.5) is 0 Å². The molecule has 0 spiro atoms. The number of aliphatic carboxylic acids is 1. The fourth-order valence-corrected chi connectivity index (χ4v) is 8.74. The molecular weight excluding hydrogens is 949 g/mol. The average Bonchev–Trinajstić information content (AvgIpc) is 3.33. The number of esters is 2. The highest BCUT2D eigenvalue weighted by Crippen LogP contribution is 2.30. The number of hydrogen-bond acceptors (Lipinski definition) is 11. The molecule has 6 rings (SSSR count). The number of rotatable bonds is 19. The minimum absolute atomic E-state index is 0.0347. The summed E-state index contributed by atoms with van der Waals surface area (Å²) in [5.41, 5.74) is 17.3. The van der Waals surface area contributed by atoms with Crippen LogP contribution in [0.5, 0.6) is 0 Å². The van der Waals surface area contributed by atoms with Gasteiger partial charge in [0, 0.05) is 54.1 Å². The van der Waals surface area contributed by atoms with Crippen molar-refractivity contribution in [3.8, 4) is 22.5 Å². The van der Waals surface area contributed by atoms with Crippen LogP contribution in [0.1, 0.15) is 136 Å². The van der Waals surface area contributed by atoms with Crippen LogP contribution in [0, 0.1) is 53.4 Å². The largest absolute Gasteiger partial charge is 0.480 e. The maximum absolute atomic E-state index is 13.7. The van der Waals surface area contributed by atoms with E-state index in [9.17, 15) is 28.8 Å². The van der Waals surface area contributed by atoms with Gasteiger partial charge in [-0.05, 0) is 161 Å². The highest BCUT2D eigenvalue weighted by atomic mass is 16.5. The molecule has 4 atom stereocenters. The third-order valence-corrected chi connectivity index (χ3v) is 12.4. The van der Waals surface area contributed by atoms with Gasteiger partial charge in [0.1, 0.15) is 12.1 Å². The van der Waals surface area contributed by atoms with Crippen LogP contribution in [-0.2, 0) is 28.7 Å². The number of amides is 1. The molecule has 0 aliphatic heterocycles. The third-order valence-electron chi connectivity index (χ3n) is 12.4. The van der Waals surface area contributed by atoms with E-state index in [0.29, 0.717) is 19.4 Å². The first-order chi connectivity index (χ1) is 35.5. The molecule has 2 aromatic carbocycles. The fourth-order valence-electron chi connectivity index (χ4n) is 8.74. The first-order valence-electron chi connectivity index (χ1n) is 25.6. The molecule has 15 heteroatoms. The first-order valence-corrected chi connectivity index (χ1v) is 25.6. The number of carboxylic acid groups (broad SMARTS) is 1. The van der Waals surface area contributed by atoms with Crippen LogP contribution in [0.3, 0.4) is 0 Å². The summed E-state index contributed by atoms with van der Waals surface area (Å²) in [7, 11) is 0. The number of aromatic nitrogens is 4. The summed E-state index contributed by atoms with van der Waals surface area (Å²) in [6.45, 7) is 23.9. The normalized spacial score (nSPS) is 12.5. The van der Waals surface area contributed by atoms with Gasteiger partial charge in [-0.2, -0.15) is 0 Å². The number of pyridine rings is 4. The molecule has 0 saturated carbocycles. The number of carboxylic acids is 1. The second-order valence-electron chi connectivity index (χ2n) is 19.7. The predicted molar refractivity (Wildman–Crippen MR) is 294 cm³/mol. The molecule has 15 nitrogen and oxygen atoms in total. The van der Waals surface area contributed by atoms with Gasteiger partial charge in [0.15, 0.2) is 0 Å². The Morgan fingerprint density at radius 1 is 0.600 bits per heavy atom. The average molecular weight is 1030 g/mol. The Labute approximate surface area is 441 Å². The molecule has 75 heavy (non-hydrogen) atoms. The highest BCUT2D eigenvalue weighted by Gasteiger charge is 2.28. The van der Waals surface area contributed by atoms with Gasteiger partial charge in [0.25, 0.3) is 11.1 Å². The lowest BCUT2D eigenvalue weighted by Gasteiger charge is -2.25. The number of hydrogen-bond donors (Lipinski definition) is 3. The monoisotopic (exact) mass is 1020 g/mol. The van der Waals surface area contributed by atoms with Gasteiger partial charge >= 0.3 is 17.9 Å². The van der Waals surface area contributed by atoms with Crippen LogP contribution in [-0.4, -0.2) is 61.2 Å². The topological polar surface area (TPSA) is 215 Å². The third kappa shape index (κ3) is 17.8. The van der Waals surface area contributed by atoms with Gasteiger partial charge < -0.3 is 34.8 Å². The number of nitrogens with two attached hydrogens (primary N) is 1. The molecule has 6 aromatic rings. The molecule has 0 saturated heterocycles. The quantitative estimate of drug-likeness (QED) is 0.0646. The Bertz CT molecular complexity index is 2970. The molecule has 0 bridgehead atoms. The molecule has 1 amide bonds. The van der Waals surface area contributed by atoms with E-state index in [0.717, 1.165) is 55.9 Å². The highest BCUT2D eigenvalue weighted by molar-refractivity contribution is 5.82. The zero-order valence-electron chi connectivity index (χ0n) is 45.7. The zero-order valence-corrected chi connectivity index (χ0v) is 45.7. The zero-order chi connectivity index (χ0) is 55.5. The van der Waals surface area contributed by atoms with Crippen LogP contribution < -0.4 is 22.2 Å². The van der Waals surface area contributed by atoms with Crippen molar-refractivity contribution in [1.82, 2.24) is 24.4 Å². The Balaban J connectivity index is 0.000000270. The number of carbonyl (C=O) groups excluding carboxylic acids is 3. The van der Waals surface area contributed by atoms with Crippen LogP contribution in [0.15, 0.2) is 119 Å². The molecule has 1 unspecified atom stereocenters. The van der Waals surface area contributed by atoms with Crippen molar-refractivity contribution in [1.29, 1.82) is 0 Å². The molecule has 0 radical (unpaired) electrons. The van der Waals surface area contributed by atoms with E-state index in [1.54, 1.807) is 50.8 Å². The number of aryl methyl sites for hydroxylation is 6. The summed E-state index contributed by atoms with van der Waals surface area (Å²) in [6.07, 6.45) is 7.72. The Morgan fingerprint density at radius 2 is 1.01 bits per heavy atom. The maximum Gasteiger partial charge on any atom is 0.326 e. The number of nitrogens with one attached hydrogen (secondary N) is 1. The summed E-state index contributed by atoms with van der Waals surface area (Å²) in [4.78, 5) is 82.3. The molecule has 400 valence electrons. The number of ether oxygens (including phenoxy) is 2. The second kappa shape index (κ2) is 28.8. The van der Waals surface area contributed by atoms with Crippen LogP contribution in [0.25, 0.3) is 22.5 Å². The van der Waals surface area contributed by atoms with E-state index in [1.807, 2.05) is 104 Å². The second-order valence-corrected chi connectivity index (χ2v) is 19.7.